The van der Waals surface area contributed by atoms with Crippen molar-refractivity contribution in [3.63, 3.8) is 0 Å². The average molecular weight is 205 g/mol. The first kappa shape index (κ1) is 12.1. The molecule has 0 bridgehead atoms. The summed E-state index contributed by atoms with van der Waals surface area (Å²) in [5.74, 6) is 0.605. The minimum Gasteiger partial charge on any atom is -0.383 e. The van der Waals surface area contributed by atoms with Gasteiger partial charge in [-0.05, 0) is 37.0 Å². The maximum Gasteiger partial charge on any atom is 0.0345 e. The summed E-state index contributed by atoms with van der Waals surface area (Å²) in [6, 6.07) is 9.31. The average Bonchev–Trinajstić information content (AvgIpc) is 2.18. The zero-order valence-electron chi connectivity index (χ0n) is 10.4. The van der Waals surface area contributed by atoms with Crippen LogP contribution in [0.3, 0.4) is 0 Å². The highest BCUT2D eigenvalue weighted by molar-refractivity contribution is 5.47. The van der Waals surface area contributed by atoms with Crippen molar-refractivity contribution >= 4 is 5.69 Å². The van der Waals surface area contributed by atoms with E-state index in [4.69, 9.17) is 0 Å². The van der Waals surface area contributed by atoms with Crippen molar-refractivity contribution in [2.75, 3.05) is 5.32 Å². The lowest BCUT2D eigenvalue weighted by molar-refractivity contribution is 0.690. The molecule has 1 N–H and O–H groups in total. The van der Waals surface area contributed by atoms with Crippen molar-refractivity contribution in [2.24, 2.45) is 0 Å². The van der Waals surface area contributed by atoms with E-state index >= 15 is 0 Å². The third-order valence-electron chi connectivity index (χ3n) is 2.69. The maximum absolute atomic E-state index is 3.54. The minimum absolute atomic E-state index is 0.567. The summed E-state index contributed by atoms with van der Waals surface area (Å²) in [6.07, 6.45) is 2.46. The smallest absolute Gasteiger partial charge is 0.0345 e. The van der Waals surface area contributed by atoms with Crippen LogP contribution in [0.5, 0.6) is 0 Å². The van der Waals surface area contributed by atoms with Crippen LogP contribution in [0.2, 0.25) is 0 Å². The van der Waals surface area contributed by atoms with Gasteiger partial charge in [0.25, 0.3) is 0 Å². The van der Waals surface area contributed by atoms with Crippen molar-refractivity contribution in [2.45, 2.75) is 52.5 Å². The lowest BCUT2D eigenvalue weighted by Crippen LogP contribution is -2.14. The molecule has 0 aliphatic rings. The van der Waals surface area contributed by atoms with E-state index in [0.29, 0.717) is 12.0 Å². The Morgan fingerprint density at radius 1 is 1.20 bits per heavy atom. The number of anilines is 1. The normalized spacial score (nSPS) is 12.9. The summed E-state index contributed by atoms with van der Waals surface area (Å²) in [5.41, 5.74) is 2.66. The Morgan fingerprint density at radius 3 is 2.53 bits per heavy atom. The first-order valence-electron chi connectivity index (χ1n) is 6.00. The van der Waals surface area contributed by atoms with E-state index in [2.05, 4.69) is 57.3 Å². The lowest BCUT2D eigenvalue weighted by Gasteiger charge is -2.15. The van der Waals surface area contributed by atoms with Gasteiger partial charge in [0.2, 0.25) is 0 Å². The Morgan fingerprint density at radius 2 is 1.93 bits per heavy atom. The van der Waals surface area contributed by atoms with Gasteiger partial charge < -0.3 is 5.32 Å². The van der Waals surface area contributed by atoms with Gasteiger partial charge in [-0.3, -0.25) is 0 Å². The maximum atomic E-state index is 3.54. The summed E-state index contributed by atoms with van der Waals surface area (Å²) < 4.78 is 0. The monoisotopic (exact) mass is 205 g/mol. The van der Waals surface area contributed by atoms with Gasteiger partial charge in [0, 0.05) is 11.7 Å². The molecule has 84 valence electrons. The SMILES string of the molecule is CCCC(C)Nc1cccc(C(C)C)c1. The Kier molecular flexibility index (Phi) is 4.67. The van der Waals surface area contributed by atoms with Gasteiger partial charge in [-0.15, -0.1) is 0 Å². The van der Waals surface area contributed by atoms with Gasteiger partial charge in [-0.25, -0.2) is 0 Å². The Hall–Kier alpha value is -0.980. The molecule has 0 aliphatic carbocycles. The van der Waals surface area contributed by atoms with E-state index in [1.54, 1.807) is 0 Å². The predicted octanol–water partition coefficient (Wildman–Crippen LogP) is 4.41. The first-order valence-corrected chi connectivity index (χ1v) is 6.00. The van der Waals surface area contributed by atoms with Gasteiger partial charge in [0.15, 0.2) is 0 Å². The summed E-state index contributed by atoms with van der Waals surface area (Å²) in [5, 5.41) is 3.54. The third kappa shape index (κ3) is 3.94. The van der Waals surface area contributed by atoms with E-state index in [-0.39, 0.29) is 0 Å². The van der Waals surface area contributed by atoms with Crippen LogP contribution in [-0.4, -0.2) is 6.04 Å². The molecular weight excluding hydrogens is 182 g/mol. The van der Waals surface area contributed by atoms with Crippen molar-refractivity contribution in [1.29, 1.82) is 0 Å². The number of benzene rings is 1. The Balaban J connectivity index is 2.65. The molecule has 0 saturated carbocycles. The fourth-order valence-corrected chi connectivity index (χ4v) is 1.78. The molecular formula is C14H23N. The highest BCUT2D eigenvalue weighted by Crippen LogP contribution is 2.19. The van der Waals surface area contributed by atoms with Crippen LogP contribution < -0.4 is 5.32 Å². The molecule has 1 nitrogen and oxygen atoms in total. The van der Waals surface area contributed by atoms with Gasteiger partial charge in [-0.2, -0.15) is 0 Å². The van der Waals surface area contributed by atoms with Crippen LogP contribution in [0.15, 0.2) is 24.3 Å². The van der Waals surface area contributed by atoms with Crippen LogP contribution in [0.4, 0.5) is 5.69 Å². The Labute approximate surface area is 93.9 Å². The highest BCUT2D eigenvalue weighted by Gasteiger charge is 2.03. The summed E-state index contributed by atoms with van der Waals surface area (Å²) in [7, 11) is 0. The molecule has 15 heavy (non-hydrogen) atoms. The van der Waals surface area contributed by atoms with E-state index in [1.807, 2.05) is 0 Å². The standard InChI is InChI=1S/C14H23N/c1-5-7-12(4)15-14-9-6-8-13(10-14)11(2)3/h6,8-12,15H,5,7H2,1-4H3. The van der Waals surface area contributed by atoms with Crippen molar-refractivity contribution in [1.82, 2.24) is 0 Å². The van der Waals surface area contributed by atoms with Gasteiger partial charge in [0.1, 0.15) is 0 Å². The minimum atomic E-state index is 0.567. The summed E-state index contributed by atoms with van der Waals surface area (Å²) >= 11 is 0. The number of nitrogens with one attached hydrogen (secondary N) is 1. The summed E-state index contributed by atoms with van der Waals surface area (Å²) in [4.78, 5) is 0. The molecule has 1 heteroatoms. The van der Waals surface area contributed by atoms with Crippen LogP contribution in [0.25, 0.3) is 0 Å². The molecule has 0 radical (unpaired) electrons. The second-order valence-electron chi connectivity index (χ2n) is 4.61. The topological polar surface area (TPSA) is 12.0 Å². The second kappa shape index (κ2) is 5.79. The van der Waals surface area contributed by atoms with Crippen LogP contribution in [0.1, 0.15) is 52.0 Å². The van der Waals surface area contributed by atoms with E-state index < -0.39 is 0 Å². The molecule has 1 aromatic rings. The first-order chi connectivity index (χ1) is 7.13. The fourth-order valence-electron chi connectivity index (χ4n) is 1.78. The molecule has 1 aromatic carbocycles. The van der Waals surface area contributed by atoms with E-state index in [1.165, 1.54) is 24.1 Å². The zero-order chi connectivity index (χ0) is 11.3. The fraction of sp³-hybridized carbons (Fsp3) is 0.571. The molecule has 0 aliphatic heterocycles. The molecule has 0 fully saturated rings. The number of rotatable bonds is 5. The van der Waals surface area contributed by atoms with Crippen molar-refractivity contribution < 1.29 is 0 Å². The molecule has 0 aromatic heterocycles. The van der Waals surface area contributed by atoms with Gasteiger partial charge in [0.05, 0.1) is 0 Å². The number of hydrogen-bond acceptors (Lipinski definition) is 1. The molecule has 0 spiro atoms. The summed E-state index contributed by atoms with van der Waals surface area (Å²) in [6.45, 7) is 8.93. The molecule has 1 rings (SSSR count). The predicted molar refractivity (Wildman–Crippen MR) is 68.5 cm³/mol. The highest BCUT2D eigenvalue weighted by atomic mass is 14.9. The van der Waals surface area contributed by atoms with Gasteiger partial charge in [-0.1, -0.05) is 39.3 Å². The van der Waals surface area contributed by atoms with Gasteiger partial charge >= 0.3 is 0 Å². The molecule has 1 atom stereocenters. The van der Waals surface area contributed by atoms with Crippen LogP contribution in [-0.2, 0) is 0 Å². The van der Waals surface area contributed by atoms with E-state index in [9.17, 15) is 0 Å². The van der Waals surface area contributed by atoms with Crippen LogP contribution >= 0.6 is 0 Å². The number of hydrogen-bond donors (Lipinski definition) is 1. The molecule has 0 saturated heterocycles. The molecule has 0 amide bonds. The molecule has 0 heterocycles. The Bertz CT molecular complexity index is 291. The van der Waals surface area contributed by atoms with Crippen LogP contribution in [0, 0.1) is 0 Å². The largest absolute Gasteiger partial charge is 0.383 e. The third-order valence-corrected chi connectivity index (χ3v) is 2.69. The van der Waals surface area contributed by atoms with E-state index in [0.717, 1.165) is 0 Å². The quantitative estimate of drug-likeness (QED) is 0.750. The molecule has 1 unspecified atom stereocenters. The zero-order valence-corrected chi connectivity index (χ0v) is 10.4. The second-order valence-corrected chi connectivity index (χ2v) is 4.61. The van der Waals surface area contributed by atoms with Crippen molar-refractivity contribution in [3.05, 3.63) is 29.8 Å². The lowest BCUT2D eigenvalue weighted by atomic mass is 10.0. The van der Waals surface area contributed by atoms with Crippen molar-refractivity contribution in [3.8, 4) is 0 Å².